The number of carbonyl (C=O) groups is 1. The number of hydrogen-bond donors (Lipinski definition) is 1. The minimum absolute atomic E-state index is 0.0895. The molecule has 1 saturated heterocycles. The third-order valence-corrected chi connectivity index (χ3v) is 4.67. The van der Waals surface area contributed by atoms with Crippen molar-refractivity contribution in [3.63, 3.8) is 0 Å². The summed E-state index contributed by atoms with van der Waals surface area (Å²) in [5, 5.41) is 10.4. The van der Waals surface area contributed by atoms with Crippen molar-refractivity contribution in [2.24, 2.45) is 0 Å². The van der Waals surface area contributed by atoms with Gasteiger partial charge in [0, 0.05) is 25.2 Å². The first-order valence-electron chi connectivity index (χ1n) is 7.89. The van der Waals surface area contributed by atoms with E-state index in [2.05, 4.69) is 17.9 Å². The van der Waals surface area contributed by atoms with Crippen LogP contribution in [0.25, 0.3) is 0 Å². The molecule has 1 N–H and O–H groups in total. The van der Waals surface area contributed by atoms with Crippen LogP contribution in [0.5, 0.6) is 0 Å². The van der Waals surface area contributed by atoms with Crippen LogP contribution in [0.1, 0.15) is 43.9 Å². The number of likely N-dealkylation sites (tertiary alicyclic amines) is 1. The van der Waals surface area contributed by atoms with E-state index in [1.807, 2.05) is 17.0 Å². The van der Waals surface area contributed by atoms with E-state index in [-0.39, 0.29) is 11.9 Å². The lowest BCUT2D eigenvalue weighted by atomic mass is 10.0. The highest BCUT2D eigenvalue weighted by molar-refractivity contribution is 5.94. The van der Waals surface area contributed by atoms with Gasteiger partial charge < -0.3 is 14.9 Å². The molecule has 2 unspecified atom stereocenters. The van der Waals surface area contributed by atoms with Gasteiger partial charge in [0.2, 0.25) is 5.91 Å². The van der Waals surface area contributed by atoms with Gasteiger partial charge in [0.25, 0.3) is 0 Å². The number of benzene rings is 1. The summed E-state index contributed by atoms with van der Waals surface area (Å²) >= 11 is 0. The highest BCUT2D eigenvalue weighted by Crippen LogP contribution is 2.34. The summed E-state index contributed by atoms with van der Waals surface area (Å²) in [7, 11) is 0. The molecule has 4 heteroatoms. The number of fused-ring (bicyclic) bond motifs is 1. The van der Waals surface area contributed by atoms with Gasteiger partial charge >= 0.3 is 0 Å². The minimum atomic E-state index is -0.435. The molecule has 1 aromatic rings. The zero-order valence-corrected chi connectivity index (χ0v) is 12.9. The van der Waals surface area contributed by atoms with Crippen LogP contribution in [-0.2, 0) is 11.2 Å². The monoisotopic (exact) mass is 288 g/mol. The van der Waals surface area contributed by atoms with Crippen LogP contribution in [0.4, 0.5) is 5.69 Å². The Labute approximate surface area is 126 Å². The Hall–Kier alpha value is -1.39. The number of carbonyl (C=O) groups excluding carboxylic acids is 1. The number of β-amino-alcohol motifs (C(OH)–C–C–N with tert-alkyl or cyclic N) is 1. The number of hydrogen-bond acceptors (Lipinski definition) is 3. The van der Waals surface area contributed by atoms with E-state index in [0.29, 0.717) is 6.54 Å². The van der Waals surface area contributed by atoms with Gasteiger partial charge in [0.1, 0.15) is 0 Å². The quantitative estimate of drug-likeness (QED) is 0.926. The standard InChI is InChI=1S/C17H24N2O2/c1-12-9-15-10-14(5-6-16(15)19(12)13(2)20)17(21)11-18-7-3-4-8-18/h5-6,10,12,17,21H,3-4,7-9,11H2,1-2H3. The zero-order valence-electron chi connectivity index (χ0n) is 12.9. The van der Waals surface area contributed by atoms with Crippen LogP contribution >= 0.6 is 0 Å². The fraction of sp³-hybridized carbons (Fsp3) is 0.588. The SMILES string of the molecule is CC(=O)N1c2ccc(C(O)CN3CCCC3)cc2CC1C. The molecule has 2 aliphatic rings. The average molecular weight is 288 g/mol. The van der Waals surface area contributed by atoms with E-state index in [1.54, 1.807) is 6.92 Å². The van der Waals surface area contributed by atoms with Crippen LogP contribution < -0.4 is 4.90 Å². The lowest BCUT2D eigenvalue weighted by Crippen LogP contribution is -2.33. The van der Waals surface area contributed by atoms with E-state index in [1.165, 1.54) is 18.4 Å². The molecule has 0 spiro atoms. The van der Waals surface area contributed by atoms with Crippen molar-refractivity contribution in [3.05, 3.63) is 29.3 Å². The van der Waals surface area contributed by atoms with Crippen molar-refractivity contribution in [1.82, 2.24) is 4.90 Å². The van der Waals surface area contributed by atoms with Crippen molar-refractivity contribution in [3.8, 4) is 0 Å². The van der Waals surface area contributed by atoms with Crippen molar-refractivity contribution < 1.29 is 9.90 Å². The van der Waals surface area contributed by atoms with Gasteiger partial charge in [-0.1, -0.05) is 12.1 Å². The van der Waals surface area contributed by atoms with E-state index in [0.717, 1.165) is 30.8 Å². The predicted octanol–water partition coefficient (Wildman–Crippen LogP) is 2.11. The summed E-state index contributed by atoms with van der Waals surface area (Å²) in [6, 6.07) is 6.25. The predicted molar refractivity (Wildman–Crippen MR) is 83.4 cm³/mol. The molecule has 3 rings (SSSR count). The maximum absolute atomic E-state index is 11.7. The van der Waals surface area contributed by atoms with Gasteiger partial charge in [-0.15, -0.1) is 0 Å². The lowest BCUT2D eigenvalue weighted by Gasteiger charge is -2.22. The van der Waals surface area contributed by atoms with Gasteiger partial charge in [-0.3, -0.25) is 4.79 Å². The molecule has 0 radical (unpaired) electrons. The first kappa shape index (κ1) is 14.5. The summed E-state index contributed by atoms with van der Waals surface area (Å²) in [5.74, 6) is 0.0895. The molecule has 2 atom stereocenters. The lowest BCUT2D eigenvalue weighted by molar-refractivity contribution is -0.116. The van der Waals surface area contributed by atoms with Crippen LogP contribution in [0.3, 0.4) is 0 Å². The molecule has 1 aromatic carbocycles. The van der Waals surface area contributed by atoms with Crippen molar-refractivity contribution in [2.45, 2.75) is 45.3 Å². The van der Waals surface area contributed by atoms with Crippen molar-refractivity contribution in [2.75, 3.05) is 24.5 Å². The Morgan fingerprint density at radius 2 is 2.10 bits per heavy atom. The van der Waals surface area contributed by atoms with Gasteiger partial charge in [-0.25, -0.2) is 0 Å². The number of rotatable bonds is 3. The molecule has 0 bridgehead atoms. The molecule has 114 valence electrons. The first-order chi connectivity index (χ1) is 10.1. The Bertz CT molecular complexity index is 538. The minimum Gasteiger partial charge on any atom is -0.387 e. The Morgan fingerprint density at radius 3 is 2.76 bits per heavy atom. The smallest absolute Gasteiger partial charge is 0.224 e. The third kappa shape index (κ3) is 2.83. The molecular weight excluding hydrogens is 264 g/mol. The topological polar surface area (TPSA) is 43.8 Å². The second kappa shape index (κ2) is 5.78. The third-order valence-electron chi connectivity index (χ3n) is 4.67. The van der Waals surface area contributed by atoms with Crippen LogP contribution in [0, 0.1) is 0 Å². The van der Waals surface area contributed by atoms with E-state index < -0.39 is 6.10 Å². The van der Waals surface area contributed by atoms with Gasteiger partial charge in [-0.2, -0.15) is 0 Å². The highest BCUT2D eigenvalue weighted by Gasteiger charge is 2.29. The van der Waals surface area contributed by atoms with E-state index in [9.17, 15) is 9.90 Å². The summed E-state index contributed by atoms with van der Waals surface area (Å²) in [6.07, 6.45) is 2.92. The fourth-order valence-corrected chi connectivity index (χ4v) is 3.65. The van der Waals surface area contributed by atoms with Crippen molar-refractivity contribution >= 4 is 11.6 Å². The molecule has 1 amide bonds. The summed E-state index contributed by atoms with van der Waals surface area (Å²) in [4.78, 5) is 15.9. The van der Waals surface area contributed by atoms with E-state index >= 15 is 0 Å². The maximum atomic E-state index is 11.7. The number of anilines is 1. The van der Waals surface area contributed by atoms with E-state index in [4.69, 9.17) is 0 Å². The Kier molecular flexibility index (Phi) is 4.00. The zero-order chi connectivity index (χ0) is 15.0. The second-order valence-corrected chi connectivity index (χ2v) is 6.35. The van der Waals surface area contributed by atoms with Gasteiger partial charge in [0.05, 0.1) is 6.10 Å². The maximum Gasteiger partial charge on any atom is 0.224 e. The molecular formula is C17H24N2O2. The molecule has 0 aromatic heterocycles. The molecule has 4 nitrogen and oxygen atoms in total. The van der Waals surface area contributed by atoms with Gasteiger partial charge in [-0.05, 0) is 56.5 Å². The number of amides is 1. The van der Waals surface area contributed by atoms with Crippen LogP contribution in [0.15, 0.2) is 18.2 Å². The number of aliphatic hydroxyl groups excluding tert-OH is 1. The van der Waals surface area contributed by atoms with Crippen LogP contribution in [0.2, 0.25) is 0 Å². The number of nitrogens with zero attached hydrogens (tertiary/aromatic N) is 2. The average Bonchev–Trinajstić information content (AvgIpc) is 3.03. The highest BCUT2D eigenvalue weighted by atomic mass is 16.3. The largest absolute Gasteiger partial charge is 0.387 e. The number of aliphatic hydroxyl groups is 1. The van der Waals surface area contributed by atoms with Crippen LogP contribution in [-0.4, -0.2) is 41.6 Å². The summed E-state index contributed by atoms with van der Waals surface area (Å²) in [5.41, 5.74) is 3.15. The molecule has 0 aliphatic carbocycles. The summed E-state index contributed by atoms with van der Waals surface area (Å²) in [6.45, 7) is 6.59. The molecule has 21 heavy (non-hydrogen) atoms. The first-order valence-corrected chi connectivity index (χ1v) is 7.89. The molecule has 2 heterocycles. The van der Waals surface area contributed by atoms with Crippen molar-refractivity contribution in [1.29, 1.82) is 0 Å². The second-order valence-electron chi connectivity index (χ2n) is 6.35. The molecule has 2 aliphatic heterocycles. The molecule has 0 saturated carbocycles. The fourth-order valence-electron chi connectivity index (χ4n) is 3.65. The Morgan fingerprint density at radius 1 is 1.38 bits per heavy atom. The molecule has 1 fully saturated rings. The Balaban J connectivity index is 1.77. The summed E-state index contributed by atoms with van der Waals surface area (Å²) < 4.78 is 0. The normalized spacial score (nSPS) is 23.4. The van der Waals surface area contributed by atoms with Gasteiger partial charge in [0.15, 0.2) is 0 Å².